The molecule has 0 saturated carbocycles. The number of aromatic nitrogens is 2. The molecule has 1 heterocycles. The zero-order chi connectivity index (χ0) is 13.8. The summed E-state index contributed by atoms with van der Waals surface area (Å²) < 4.78 is 5.39. The summed E-state index contributed by atoms with van der Waals surface area (Å²) in [6.45, 7) is 7.91. The van der Waals surface area contributed by atoms with E-state index in [1.165, 1.54) is 0 Å². The zero-order valence-corrected chi connectivity index (χ0v) is 12.0. The molecule has 19 heavy (non-hydrogen) atoms. The summed E-state index contributed by atoms with van der Waals surface area (Å²) in [4.78, 5) is 7.72. The lowest BCUT2D eigenvalue weighted by Gasteiger charge is -2.10. The van der Waals surface area contributed by atoms with E-state index >= 15 is 0 Å². The fraction of sp³-hybridized carbons (Fsp3) is 0.400. The van der Waals surface area contributed by atoms with Crippen molar-refractivity contribution in [3.63, 3.8) is 0 Å². The highest BCUT2D eigenvalue weighted by atomic mass is 16.5. The van der Waals surface area contributed by atoms with Crippen LogP contribution in [0.5, 0.6) is 5.75 Å². The van der Waals surface area contributed by atoms with E-state index in [2.05, 4.69) is 48.2 Å². The zero-order valence-electron chi connectivity index (χ0n) is 12.0. The maximum atomic E-state index is 5.39. The molecular formula is C15H21N3O. The largest absolute Gasteiger partial charge is 0.496 e. The molecule has 2 rings (SSSR count). The van der Waals surface area contributed by atoms with Crippen LogP contribution in [0.2, 0.25) is 0 Å². The average Bonchev–Trinajstić information content (AvgIpc) is 2.84. The minimum absolute atomic E-state index is 0.768. The van der Waals surface area contributed by atoms with Gasteiger partial charge in [-0.3, -0.25) is 0 Å². The normalized spacial score (nSPS) is 10.7. The van der Waals surface area contributed by atoms with Crippen molar-refractivity contribution in [2.24, 2.45) is 0 Å². The second-order valence-corrected chi connectivity index (χ2v) is 4.67. The Kier molecular flexibility index (Phi) is 4.22. The van der Waals surface area contributed by atoms with Crippen LogP contribution in [-0.4, -0.2) is 23.6 Å². The molecule has 2 N–H and O–H groups in total. The van der Waals surface area contributed by atoms with E-state index in [1.807, 2.05) is 6.20 Å². The number of aryl methyl sites for hydroxylation is 2. The van der Waals surface area contributed by atoms with Gasteiger partial charge in [0, 0.05) is 5.56 Å². The molecule has 1 aromatic heterocycles. The van der Waals surface area contributed by atoms with Gasteiger partial charge in [0.2, 0.25) is 0 Å². The summed E-state index contributed by atoms with van der Waals surface area (Å²) in [5, 5.41) is 3.26. The SMILES string of the molecule is CCNCc1ncc(-c2cc(C)c(OC)c(C)c2)[nH]1. The minimum atomic E-state index is 0.768. The Labute approximate surface area is 114 Å². The summed E-state index contributed by atoms with van der Waals surface area (Å²) >= 11 is 0. The van der Waals surface area contributed by atoms with Gasteiger partial charge in [-0.1, -0.05) is 6.92 Å². The number of H-pyrrole nitrogens is 1. The van der Waals surface area contributed by atoms with Crippen molar-refractivity contribution in [1.82, 2.24) is 15.3 Å². The highest BCUT2D eigenvalue weighted by Crippen LogP contribution is 2.29. The van der Waals surface area contributed by atoms with Gasteiger partial charge < -0.3 is 15.0 Å². The van der Waals surface area contributed by atoms with E-state index in [1.54, 1.807) is 7.11 Å². The molecule has 0 aliphatic carbocycles. The highest BCUT2D eigenvalue weighted by Gasteiger charge is 2.08. The Morgan fingerprint density at radius 2 is 1.95 bits per heavy atom. The molecule has 4 nitrogen and oxygen atoms in total. The van der Waals surface area contributed by atoms with E-state index in [4.69, 9.17) is 4.74 Å². The van der Waals surface area contributed by atoms with Crippen LogP contribution in [0.4, 0.5) is 0 Å². The van der Waals surface area contributed by atoms with Crippen LogP contribution in [0, 0.1) is 13.8 Å². The van der Waals surface area contributed by atoms with E-state index in [9.17, 15) is 0 Å². The molecule has 0 unspecified atom stereocenters. The third kappa shape index (κ3) is 2.96. The van der Waals surface area contributed by atoms with Crippen LogP contribution in [0.25, 0.3) is 11.3 Å². The molecule has 0 aliphatic rings. The lowest BCUT2D eigenvalue weighted by molar-refractivity contribution is 0.408. The van der Waals surface area contributed by atoms with Crippen molar-refractivity contribution >= 4 is 0 Å². The molecule has 2 aromatic rings. The number of rotatable bonds is 5. The van der Waals surface area contributed by atoms with Crippen molar-refractivity contribution in [3.05, 3.63) is 35.3 Å². The van der Waals surface area contributed by atoms with E-state index in [-0.39, 0.29) is 0 Å². The number of nitrogens with zero attached hydrogens (tertiary/aromatic N) is 1. The number of imidazole rings is 1. The van der Waals surface area contributed by atoms with Gasteiger partial charge in [0.15, 0.2) is 0 Å². The second-order valence-electron chi connectivity index (χ2n) is 4.67. The second kappa shape index (κ2) is 5.89. The fourth-order valence-corrected chi connectivity index (χ4v) is 2.27. The summed E-state index contributed by atoms with van der Waals surface area (Å²) in [6, 6.07) is 4.24. The molecule has 0 aliphatic heterocycles. The number of nitrogens with one attached hydrogen (secondary N) is 2. The number of methoxy groups -OCH3 is 1. The lowest BCUT2D eigenvalue weighted by Crippen LogP contribution is -2.12. The number of hydrogen-bond acceptors (Lipinski definition) is 3. The molecule has 102 valence electrons. The van der Waals surface area contributed by atoms with Crippen molar-refractivity contribution < 1.29 is 4.74 Å². The Hall–Kier alpha value is -1.81. The number of hydrogen-bond donors (Lipinski definition) is 2. The predicted octanol–water partition coefficient (Wildman–Crippen LogP) is 2.81. The Morgan fingerprint density at radius 3 is 2.53 bits per heavy atom. The molecule has 0 atom stereocenters. The number of benzene rings is 1. The predicted molar refractivity (Wildman–Crippen MR) is 77.4 cm³/mol. The Morgan fingerprint density at radius 1 is 1.26 bits per heavy atom. The summed E-state index contributed by atoms with van der Waals surface area (Å²) in [6.07, 6.45) is 1.88. The minimum Gasteiger partial charge on any atom is -0.496 e. The highest BCUT2D eigenvalue weighted by molar-refractivity contribution is 5.63. The van der Waals surface area contributed by atoms with Gasteiger partial charge in [-0.05, 0) is 43.7 Å². The van der Waals surface area contributed by atoms with Gasteiger partial charge in [-0.2, -0.15) is 0 Å². The molecule has 0 spiro atoms. The van der Waals surface area contributed by atoms with Crippen molar-refractivity contribution in [3.8, 4) is 17.0 Å². The van der Waals surface area contributed by atoms with E-state index in [0.29, 0.717) is 0 Å². The smallest absolute Gasteiger partial charge is 0.124 e. The summed E-state index contributed by atoms with van der Waals surface area (Å²) in [7, 11) is 1.71. The van der Waals surface area contributed by atoms with Gasteiger partial charge in [0.1, 0.15) is 11.6 Å². The maximum absolute atomic E-state index is 5.39. The van der Waals surface area contributed by atoms with Crippen LogP contribution in [0.1, 0.15) is 23.9 Å². The molecule has 0 radical (unpaired) electrons. The molecule has 1 aromatic carbocycles. The van der Waals surface area contributed by atoms with Crippen LogP contribution in [0.15, 0.2) is 18.3 Å². The molecule has 4 heteroatoms. The quantitative estimate of drug-likeness (QED) is 0.868. The number of aromatic amines is 1. The monoisotopic (exact) mass is 259 g/mol. The first-order valence-corrected chi connectivity index (χ1v) is 6.56. The van der Waals surface area contributed by atoms with E-state index < -0.39 is 0 Å². The first-order chi connectivity index (χ1) is 9.15. The Balaban J connectivity index is 2.29. The third-order valence-electron chi connectivity index (χ3n) is 3.15. The molecule has 0 saturated heterocycles. The molecule has 0 bridgehead atoms. The van der Waals surface area contributed by atoms with Crippen LogP contribution < -0.4 is 10.1 Å². The van der Waals surface area contributed by atoms with Crippen molar-refractivity contribution in [2.75, 3.05) is 13.7 Å². The molecular weight excluding hydrogens is 238 g/mol. The topological polar surface area (TPSA) is 49.9 Å². The van der Waals surface area contributed by atoms with Crippen molar-refractivity contribution in [1.29, 1.82) is 0 Å². The third-order valence-corrected chi connectivity index (χ3v) is 3.15. The van der Waals surface area contributed by atoms with E-state index in [0.717, 1.165) is 47.0 Å². The van der Waals surface area contributed by atoms with Crippen LogP contribution >= 0.6 is 0 Å². The van der Waals surface area contributed by atoms with Gasteiger partial charge in [-0.25, -0.2) is 4.98 Å². The summed E-state index contributed by atoms with van der Waals surface area (Å²) in [5.41, 5.74) is 4.47. The van der Waals surface area contributed by atoms with Gasteiger partial charge in [-0.15, -0.1) is 0 Å². The average molecular weight is 259 g/mol. The van der Waals surface area contributed by atoms with Crippen LogP contribution in [0.3, 0.4) is 0 Å². The van der Waals surface area contributed by atoms with Crippen LogP contribution in [-0.2, 0) is 6.54 Å². The maximum Gasteiger partial charge on any atom is 0.124 e. The standard InChI is InChI=1S/C15H21N3O/c1-5-16-9-14-17-8-13(18-14)12-6-10(2)15(19-4)11(3)7-12/h6-8,16H,5,9H2,1-4H3,(H,17,18). The van der Waals surface area contributed by atoms with Crippen molar-refractivity contribution in [2.45, 2.75) is 27.3 Å². The fourth-order valence-electron chi connectivity index (χ4n) is 2.27. The Bertz CT molecular complexity index is 537. The first kappa shape index (κ1) is 13.6. The summed E-state index contributed by atoms with van der Waals surface area (Å²) in [5.74, 6) is 1.92. The van der Waals surface area contributed by atoms with Gasteiger partial charge in [0.25, 0.3) is 0 Å². The lowest BCUT2D eigenvalue weighted by atomic mass is 10.0. The molecule has 0 fully saturated rings. The van der Waals surface area contributed by atoms with Gasteiger partial charge in [0.05, 0.1) is 25.5 Å². The number of ether oxygens (including phenoxy) is 1. The first-order valence-electron chi connectivity index (χ1n) is 6.56. The van der Waals surface area contributed by atoms with Gasteiger partial charge >= 0.3 is 0 Å². The molecule has 0 amide bonds.